The minimum absolute atomic E-state index is 0.0277. The lowest BCUT2D eigenvalue weighted by Crippen LogP contribution is -2.19. The Kier molecular flexibility index (Phi) is 4.18. The van der Waals surface area contributed by atoms with Crippen LogP contribution in [0.5, 0.6) is 5.75 Å². The number of pyridine rings is 1. The molecule has 17 heavy (non-hydrogen) atoms. The molecule has 1 rings (SSSR count). The minimum Gasteiger partial charge on any atom is -0.404 e. The van der Waals surface area contributed by atoms with E-state index in [-0.39, 0.29) is 23.6 Å². The summed E-state index contributed by atoms with van der Waals surface area (Å²) in [6.07, 6.45) is -3.73. The Morgan fingerprint density at radius 1 is 1.53 bits per heavy atom. The quantitative estimate of drug-likeness (QED) is 0.788. The molecule has 0 aliphatic rings. The summed E-state index contributed by atoms with van der Waals surface area (Å²) in [5.41, 5.74) is 0.640. The fraction of sp³-hybridized carbons (Fsp3) is 0.400. The van der Waals surface area contributed by atoms with Gasteiger partial charge in [0.15, 0.2) is 5.75 Å². The maximum Gasteiger partial charge on any atom is 0.573 e. The van der Waals surface area contributed by atoms with Gasteiger partial charge in [-0.05, 0) is 18.1 Å². The van der Waals surface area contributed by atoms with Gasteiger partial charge >= 0.3 is 6.36 Å². The molecule has 0 saturated heterocycles. The number of hydrogen-bond acceptors (Lipinski definition) is 3. The smallest absolute Gasteiger partial charge is 0.404 e. The number of alkyl halides is 4. The van der Waals surface area contributed by atoms with Crippen molar-refractivity contribution in [3.8, 4) is 11.8 Å². The molecule has 0 radical (unpaired) electrons. The topological polar surface area (TPSA) is 45.9 Å². The molecule has 1 heterocycles. The largest absolute Gasteiger partial charge is 0.573 e. The summed E-state index contributed by atoms with van der Waals surface area (Å²) in [6.45, 7) is 1.45. The van der Waals surface area contributed by atoms with Crippen LogP contribution in [0.25, 0.3) is 0 Å². The van der Waals surface area contributed by atoms with Crippen LogP contribution in [0, 0.1) is 18.3 Å². The standard InChI is InChI=1S/C10H8ClF3N2O/c1-6-7(4-11)5-16-8(2-3-15)9(6)17-10(12,13)14/h5H,2,4H2,1H3. The van der Waals surface area contributed by atoms with Gasteiger partial charge in [0.1, 0.15) is 0 Å². The molecule has 7 heteroatoms. The number of ether oxygens (including phenoxy) is 1. The van der Waals surface area contributed by atoms with Gasteiger partial charge in [0.05, 0.1) is 18.2 Å². The lowest BCUT2D eigenvalue weighted by Gasteiger charge is -2.15. The average Bonchev–Trinajstić information content (AvgIpc) is 2.22. The van der Waals surface area contributed by atoms with Gasteiger partial charge in [-0.25, -0.2) is 0 Å². The Balaban J connectivity index is 3.25. The van der Waals surface area contributed by atoms with Crippen LogP contribution >= 0.6 is 11.6 Å². The molecule has 0 bridgehead atoms. The highest BCUT2D eigenvalue weighted by Crippen LogP contribution is 2.31. The van der Waals surface area contributed by atoms with E-state index in [4.69, 9.17) is 16.9 Å². The number of rotatable bonds is 3. The van der Waals surface area contributed by atoms with Crippen molar-refractivity contribution < 1.29 is 17.9 Å². The van der Waals surface area contributed by atoms with Gasteiger partial charge in [0.2, 0.25) is 0 Å². The number of halogens is 4. The van der Waals surface area contributed by atoms with Gasteiger partial charge in [-0.2, -0.15) is 5.26 Å². The van der Waals surface area contributed by atoms with E-state index in [1.54, 1.807) is 6.07 Å². The molecule has 0 unspecified atom stereocenters. The highest BCUT2D eigenvalue weighted by atomic mass is 35.5. The zero-order valence-electron chi connectivity index (χ0n) is 8.81. The summed E-state index contributed by atoms with van der Waals surface area (Å²) >= 11 is 5.56. The lowest BCUT2D eigenvalue weighted by atomic mass is 10.1. The van der Waals surface area contributed by atoms with E-state index >= 15 is 0 Å². The molecule has 1 aromatic heterocycles. The lowest BCUT2D eigenvalue weighted by molar-refractivity contribution is -0.275. The molecule has 0 aromatic carbocycles. The zero-order chi connectivity index (χ0) is 13.1. The van der Waals surface area contributed by atoms with Crippen LogP contribution in [0.3, 0.4) is 0 Å². The second-order valence-corrected chi connectivity index (χ2v) is 3.47. The Hall–Kier alpha value is -1.48. The van der Waals surface area contributed by atoms with Gasteiger partial charge in [-0.15, -0.1) is 24.8 Å². The maximum absolute atomic E-state index is 12.2. The fourth-order valence-corrected chi connectivity index (χ4v) is 1.53. The summed E-state index contributed by atoms with van der Waals surface area (Å²) in [6, 6.07) is 1.73. The Morgan fingerprint density at radius 2 is 2.18 bits per heavy atom. The van der Waals surface area contributed by atoms with Crippen LogP contribution < -0.4 is 4.74 Å². The van der Waals surface area contributed by atoms with Crippen LogP contribution in [-0.4, -0.2) is 11.3 Å². The molecular formula is C10H8ClF3N2O. The second-order valence-electron chi connectivity index (χ2n) is 3.20. The maximum atomic E-state index is 12.2. The molecular weight excluding hydrogens is 257 g/mol. The SMILES string of the molecule is Cc1c(CCl)cnc(CC#N)c1OC(F)(F)F. The molecule has 3 nitrogen and oxygen atoms in total. The third-order valence-corrected chi connectivity index (χ3v) is 2.36. The van der Waals surface area contributed by atoms with Gasteiger partial charge in [0, 0.05) is 12.1 Å². The van der Waals surface area contributed by atoms with E-state index in [9.17, 15) is 13.2 Å². The molecule has 0 amide bonds. The van der Waals surface area contributed by atoms with Crippen molar-refractivity contribution in [2.75, 3.05) is 0 Å². The number of nitriles is 1. The van der Waals surface area contributed by atoms with Crippen molar-refractivity contribution >= 4 is 11.6 Å². The molecule has 0 spiro atoms. The van der Waals surface area contributed by atoms with E-state index in [2.05, 4.69) is 9.72 Å². The average molecular weight is 265 g/mol. The van der Waals surface area contributed by atoms with Crippen LogP contribution in [-0.2, 0) is 12.3 Å². The summed E-state index contributed by atoms with van der Waals surface area (Å²) in [5, 5.41) is 8.51. The first-order chi connectivity index (χ1) is 7.89. The number of nitrogens with zero attached hydrogens (tertiary/aromatic N) is 2. The first-order valence-corrected chi connectivity index (χ1v) is 5.08. The van der Waals surface area contributed by atoms with Crippen LogP contribution in [0.4, 0.5) is 13.2 Å². The third-order valence-electron chi connectivity index (χ3n) is 2.07. The third kappa shape index (κ3) is 3.49. The summed E-state index contributed by atoms with van der Waals surface area (Å²) in [7, 11) is 0. The van der Waals surface area contributed by atoms with E-state index in [1.807, 2.05) is 0 Å². The summed E-state index contributed by atoms with van der Waals surface area (Å²) < 4.78 is 40.5. The van der Waals surface area contributed by atoms with Crippen LogP contribution in [0.15, 0.2) is 6.20 Å². The van der Waals surface area contributed by atoms with E-state index in [0.29, 0.717) is 5.56 Å². The summed E-state index contributed by atoms with van der Waals surface area (Å²) in [5.74, 6) is -0.405. The molecule has 0 N–H and O–H groups in total. The van der Waals surface area contributed by atoms with Gasteiger partial charge < -0.3 is 4.74 Å². The highest BCUT2D eigenvalue weighted by Gasteiger charge is 2.33. The van der Waals surface area contributed by atoms with Gasteiger partial charge in [-0.3, -0.25) is 4.98 Å². The van der Waals surface area contributed by atoms with Crippen molar-refractivity contribution in [3.05, 3.63) is 23.0 Å². The molecule has 92 valence electrons. The second kappa shape index (κ2) is 5.23. The number of hydrogen-bond donors (Lipinski definition) is 0. The van der Waals surface area contributed by atoms with Crippen molar-refractivity contribution in [2.45, 2.75) is 25.6 Å². The van der Waals surface area contributed by atoms with Crippen molar-refractivity contribution in [2.24, 2.45) is 0 Å². The molecule has 0 fully saturated rings. The van der Waals surface area contributed by atoms with Gasteiger partial charge in [-0.1, -0.05) is 0 Å². The molecule has 0 saturated carbocycles. The monoisotopic (exact) mass is 264 g/mol. The van der Waals surface area contributed by atoms with Crippen molar-refractivity contribution in [3.63, 3.8) is 0 Å². The summed E-state index contributed by atoms with van der Waals surface area (Å²) in [4.78, 5) is 3.75. The molecule has 0 atom stereocenters. The first-order valence-electron chi connectivity index (χ1n) is 4.55. The van der Waals surface area contributed by atoms with Crippen LogP contribution in [0.1, 0.15) is 16.8 Å². The molecule has 1 aromatic rings. The van der Waals surface area contributed by atoms with E-state index in [0.717, 1.165) is 0 Å². The predicted octanol–water partition coefficient (Wildman–Crippen LogP) is 3.09. The molecule has 0 aliphatic carbocycles. The van der Waals surface area contributed by atoms with Crippen molar-refractivity contribution in [1.82, 2.24) is 4.98 Å². The van der Waals surface area contributed by atoms with E-state index < -0.39 is 12.1 Å². The normalized spacial score (nSPS) is 11.1. The molecule has 0 aliphatic heterocycles. The Morgan fingerprint density at radius 3 is 2.65 bits per heavy atom. The fourth-order valence-electron chi connectivity index (χ4n) is 1.26. The predicted molar refractivity (Wildman–Crippen MR) is 54.5 cm³/mol. The van der Waals surface area contributed by atoms with Crippen LogP contribution in [0.2, 0.25) is 0 Å². The van der Waals surface area contributed by atoms with E-state index in [1.165, 1.54) is 13.1 Å². The Labute approximate surface area is 101 Å². The van der Waals surface area contributed by atoms with Crippen molar-refractivity contribution in [1.29, 1.82) is 5.26 Å². The highest BCUT2D eigenvalue weighted by molar-refractivity contribution is 6.17. The van der Waals surface area contributed by atoms with Gasteiger partial charge in [0.25, 0.3) is 0 Å². The Bertz CT molecular complexity index is 454. The zero-order valence-corrected chi connectivity index (χ0v) is 9.56. The number of aromatic nitrogens is 1. The minimum atomic E-state index is -4.82. The first kappa shape index (κ1) is 13.6.